The maximum Gasteiger partial charge on any atom is 0.416 e. The van der Waals surface area contributed by atoms with Crippen molar-refractivity contribution in [1.29, 1.82) is 0 Å². The van der Waals surface area contributed by atoms with Crippen LogP contribution in [0.2, 0.25) is 5.02 Å². The lowest BCUT2D eigenvalue weighted by atomic mass is 10.1. The number of rotatable bonds is 9. The SMILES string of the molecule is C[C@H](NC(=O)COC(=O)CCCC(=O)Nc1cc(C(F)(F)F)ccc1Cl)c1ccccc1. The number of benzene rings is 2. The van der Waals surface area contributed by atoms with Gasteiger partial charge in [-0.3, -0.25) is 14.4 Å². The molecule has 0 heterocycles. The van der Waals surface area contributed by atoms with Gasteiger partial charge in [0.25, 0.3) is 5.91 Å². The molecule has 2 amide bonds. The third-order valence-electron chi connectivity index (χ3n) is 4.39. The molecule has 6 nitrogen and oxygen atoms in total. The highest BCUT2D eigenvalue weighted by atomic mass is 35.5. The summed E-state index contributed by atoms with van der Waals surface area (Å²) in [6.07, 6.45) is -4.76. The number of carbonyl (C=O) groups excluding carboxylic acids is 3. The van der Waals surface area contributed by atoms with Crippen LogP contribution in [0.15, 0.2) is 48.5 Å². The lowest BCUT2D eigenvalue weighted by molar-refractivity contribution is -0.148. The van der Waals surface area contributed by atoms with Gasteiger partial charge in [0.15, 0.2) is 6.61 Å². The molecule has 2 N–H and O–H groups in total. The van der Waals surface area contributed by atoms with Crippen molar-refractivity contribution in [3.63, 3.8) is 0 Å². The Bertz CT molecular complexity index is 952. The average molecular weight is 471 g/mol. The predicted octanol–water partition coefficient (Wildman–Crippen LogP) is 4.89. The van der Waals surface area contributed by atoms with Gasteiger partial charge in [-0.05, 0) is 37.1 Å². The van der Waals surface area contributed by atoms with E-state index in [0.29, 0.717) is 0 Å². The van der Waals surface area contributed by atoms with Gasteiger partial charge in [0.2, 0.25) is 5.91 Å². The molecule has 0 aliphatic carbocycles. The van der Waals surface area contributed by atoms with Crippen LogP contribution < -0.4 is 10.6 Å². The Kier molecular flexibility index (Phi) is 9.07. The molecule has 0 unspecified atom stereocenters. The molecule has 0 saturated carbocycles. The number of hydrogen-bond donors (Lipinski definition) is 2. The van der Waals surface area contributed by atoms with Gasteiger partial charge in [0, 0.05) is 12.8 Å². The van der Waals surface area contributed by atoms with E-state index in [1.807, 2.05) is 30.3 Å². The topological polar surface area (TPSA) is 84.5 Å². The second-order valence-electron chi connectivity index (χ2n) is 6.95. The van der Waals surface area contributed by atoms with Crippen molar-refractivity contribution in [2.75, 3.05) is 11.9 Å². The molecule has 0 bridgehead atoms. The third kappa shape index (κ3) is 8.22. The van der Waals surface area contributed by atoms with Crippen LogP contribution in [0.1, 0.15) is 43.4 Å². The highest BCUT2D eigenvalue weighted by Gasteiger charge is 2.31. The zero-order valence-corrected chi connectivity index (χ0v) is 17.9. The molecule has 0 spiro atoms. The smallest absolute Gasteiger partial charge is 0.416 e. The van der Waals surface area contributed by atoms with Crippen molar-refractivity contribution in [2.24, 2.45) is 0 Å². The van der Waals surface area contributed by atoms with E-state index >= 15 is 0 Å². The van der Waals surface area contributed by atoms with Crippen molar-refractivity contribution in [3.05, 3.63) is 64.7 Å². The summed E-state index contributed by atoms with van der Waals surface area (Å²) in [6, 6.07) is 11.6. The molecule has 32 heavy (non-hydrogen) atoms. The fourth-order valence-corrected chi connectivity index (χ4v) is 2.89. The minimum atomic E-state index is -4.57. The number of hydrogen-bond acceptors (Lipinski definition) is 4. The highest BCUT2D eigenvalue weighted by Crippen LogP contribution is 2.33. The van der Waals surface area contributed by atoms with Crippen molar-refractivity contribution >= 4 is 35.1 Å². The normalized spacial score (nSPS) is 12.0. The second-order valence-corrected chi connectivity index (χ2v) is 7.36. The first-order chi connectivity index (χ1) is 15.1. The minimum absolute atomic E-state index is 0.0403. The van der Waals surface area contributed by atoms with Gasteiger partial charge in [-0.15, -0.1) is 0 Å². The Balaban J connectivity index is 1.70. The van der Waals surface area contributed by atoms with Gasteiger partial charge in [-0.25, -0.2) is 0 Å². The number of ether oxygens (including phenoxy) is 1. The molecule has 10 heteroatoms. The summed E-state index contributed by atoms with van der Waals surface area (Å²) in [4.78, 5) is 35.6. The molecule has 2 rings (SSSR count). The monoisotopic (exact) mass is 470 g/mol. The summed E-state index contributed by atoms with van der Waals surface area (Å²) < 4.78 is 43.2. The fraction of sp³-hybridized carbons (Fsp3) is 0.318. The van der Waals surface area contributed by atoms with E-state index < -0.39 is 36.1 Å². The van der Waals surface area contributed by atoms with Gasteiger partial charge in [0.05, 0.1) is 22.3 Å². The van der Waals surface area contributed by atoms with Crippen LogP contribution in [-0.4, -0.2) is 24.4 Å². The van der Waals surface area contributed by atoms with E-state index in [2.05, 4.69) is 10.6 Å². The van der Waals surface area contributed by atoms with E-state index in [-0.39, 0.29) is 36.0 Å². The summed E-state index contributed by atoms with van der Waals surface area (Å²) in [6.45, 7) is 1.34. The zero-order valence-electron chi connectivity index (χ0n) is 17.2. The van der Waals surface area contributed by atoms with Crippen LogP contribution in [0.3, 0.4) is 0 Å². The third-order valence-corrected chi connectivity index (χ3v) is 4.72. The summed E-state index contributed by atoms with van der Waals surface area (Å²) in [7, 11) is 0. The molecule has 2 aromatic rings. The van der Waals surface area contributed by atoms with Gasteiger partial charge < -0.3 is 15.4 Å². The first kappa shape index (κ1) is 25.2. The Hall–Kier alpha value is -3.07. The molecule has 0 saturated heterocycles. The maximum atomic E-state index is 12.8. The quantitative estimate of drug-likeness (QED) is 0.511. The van der Waals surface area contributed by atoms with Crippen LogP contribution >= 0.6 is 11.6 Å². The van der Waals surface area contributed by atoms with Crippen LogP contribution in [0.25, 0.3) is 0 Å². The van der Waals surface area contributed by atoms with E-state index in [4.69, 9.17) is 16.3 Å². The number of nitrogens with one attached hydrogen (secondary N) is 2. The van der Waals surface area contributed by atoms with Gasteiger partial charge in [0.1, 0.15) is 0 Å². The standard InChI is InChI=1S/C22H22ClF3N2O4/c1-14(15-6-3-2-4-7-15)27-20(30)13-32-21(31)9-5-8-19(29)28-18-12-16(22(24,25)26)10-11-17(18)23/h2-4,6-7,10-12,14H,5,8-9,13H2,1H3,(H,27,30)(H,28,29)/t14-/m0/s1. The Morgan fingerprint density at radius 1 is 1.03 bits per heavy atom. The molecular weight excluding hydrogens is 449 g/mol. The lowest BCUT2D eigenvalue weighted by Crippen LogP contribution is -2.31. The van der Waals surface area contributed by atoms with Crippen LogP contribution in [0.4, 0.5) is 18.9 Å². The number of amides is 2. The van der Waals surface area contributed by atoms with Crippen LogP contribution in [-0.2, 0) is 25.3 Å². The average Bonchev–Trinajstić information content (AvgIpc) is 2.73. The van der Waals surface area contributed by atoms with Crippen molar-refractivity contribution in [3.8, 4) is 0 Å². The molecule has 2 aromatic carbocycles. The molecule has 1 atom stereocenters. The Labute approximate surface area is 188 Å². The lowest BCUT2D eigenvalue weighted by Gasteiger charge is -2.14. The number of halogens is 4. The molecule has 0 aliphatic rings. The number of alkyl halides is 3. The van der Waals surface area contributed by atoms with Crippen molar-refractivity contribution < 1.29 is 32.3 Å². The molecular formula is C22H22ClF3N2O4. The summed E-state index contributed by atoms with van der Waals surface area (Å²) >= 11 is 5.83. The molecule has 0 aromatic heterocycles. The van der Waals surface area contributed by atoms with Gasteiger partial charge >= 0.3 is 12.1 Å². The zero-order chi connectivity index (χ0) is 23.7. The minimum Gasteiger partial charge on any atom is -0.456 e. The summed E-state index contributed by atoms with van der Waals surface area (Å²) in [5.74, 6) is -1.74. The van der Waals surface area contributed by atoms with E-state index in [1.165, 1.54) is 0 Å². The number of anilines is 1. The molecule has 0 radical (unpaired) electrons. The summed E-state index contributed by atoms with van der Waals surface area (Å²) in [5.41, 5.74) is -0.210. The first-order valence-corrected chi connectivity index (χ1v) is 10.1. The van der Waals surface area contributed by atoms with Crippen molar-refractivity contribution in [1.82, 2.24) is 5.32 Å². The van der Waals surface area contributed by atoms with Gasteiger partial charge in [-0.2, -0.15) is 13.2 Å². The highest BCUT2D eigenvalue weighted by molar-refractivity contribution is 6.33. The second kappa shape index (κ2) is 11.5. The predicted molar refractivity (Wildman–Crippen MR) is 113 cm³/mol. The first-order valence-electron chi connectivity index (χ1n) is 9.73. The Morgan fingerprint density at radius 3 is 2.38 bits per heavy atom. The van der Waals surface area contributed by atoms with Crippen molar-refractivity contribution in [2.45, 2.75) is 38.4 Å². The van der Waals surface area contributed by atoms with Crippen LogP contribution in [0, 0.1) is 0 Å². The van der Waals surface area contributed by atoms with Gasteiger partial charge in [-0.1, -0.05) is 41.9 Å². The molecule has 0 fully saturated rings. The number of esters is 1. The van der Waals surface area contributed by atoms with E-state index in [9.17, 15) is 27.6 Å². The Morgan fingerprint density at radius 2 is 1.72 bits per heavy atom. The number of carbonyl (C=O) groups is 3. The summed E-state index contributed by atoms with van der Waals surface area (Å²) in [5, 5.41) is 4.96. The molecule has 172 valence electrons. The maximum absolute atomic E-state index is 12.8. The van der Waals surface area contributed by atoms with E-state index in [1.54, 1.807) is 6.92 Å². The largest absolute Gasteiger partial charge is 0.456 e. The molecule has 0 aliphatic heterocycles. The fourth-order valence-electron chi connectivity index (χ4n) is 2.73. The van der Waals surface area contributed by atoms with Crippen LogP contribution in [0.5, 0.6) is 0 Å². The van der Waals surface area contributed by atoms with E-state index in [0.717, 1.165) is 23.8 Å².